The lowest BCUT2D eigenvalue weighted by Gasteiger charge is -2.09. The van der Waals surface area contributed by atoms with Gasteiger partial charge in [0.1, 0.15) is 17.8 Å². The van der Waals surface area contributed by atoms with Crippen molar-refractivity contribution in [2.24, 2.45) is 0 Å². The molecule has 1 heterocycles. The van der Waals surface area contributed by atoms with Gasteiger partial charge in [-0.2, -0.15) is 0 Å². The van der Waals surface area contributed by atoms with Crippen LogP contribution in [0.2, 0.25) is 10.0 Å². The van der Waals surface area contributed by atoms with Crippen molar-refractivity contribution in [1.82, 2.24) is 9.97 Å². The molecule has 5 nitrogen and oxygen atoms in total. The second-order valence-corrected chi connectivity index (χ2v) is 5.76. The van der Waals surface area contributed by atoms with E-state index in [0.717, 1.165) is 25.8 Å². The highest BCUT2D eigenvalue weighted by Crippen LogP contribution is 2.29. The van der Waals surface area contributed by atoms with E-state index in [1.165, 1.54) is 6.33 Å². The number of nitrogens with zero attached hydrogens (tertiary/aromatic N) is 2. The highest BCUT2D eigenvalue weighted by atomic mass is 35.5. The van der Waals surface area contributed by atoms with E-state index < -0.39 is 0 Å². The van der Waals surface area contributed by atoms with Gasteiger partial charge >= 0.3 is 0 Å². The fourth-order valence-electron chi connectivity index (χ4n) is 1.96. The van der Waals surface area contributed by atoms with E-state index in [9.17, 15) is 4.79 Å². The number of amides is 1. The maximum absolute atomic E-state index is 12.3. The minimum Gasteiger partial charge on any atom is -0.370 e. The van der Waals surface area contributed by atoms with Crippen LogP contribution in [0.25, 0.3) is 0 Å². The summed E-state index contributed by atoms with van der Waals surface area (Å²) in [6.45, 7) is 2.96. The summed E-state index contributed by atoms with van der Waals surface area (Å²) in [4.78, 5) is 20.4. The number of carbonyl (C=O) groups excluding carboxylic acids is 1. The van der Waals surface area contributed by atoms with Crippen molar-refractivity contribution < 1.29 is 4.79 Å². The Bertz CT molecular complexity index is 679. The average molecular weight is 353 g/mol. The maximum atomic E-state index is 12.3. The second kappa shape index (κ2) is 8.70. The molecule has 0 aliphatic rings. The predicted octanol–water partition coefficient (Wildman–Crippen LogP) is 4.64. The number of hydrogen-bond donors (Lipinski definition) is 2. The lowest BCUT2D eigenvalue weighted by molar-refractivity contribution is 0.102. The van der Waals surface area contributed by atoms with E-state index in [0.29, 0.717) is 21.6 Å². The van der Waals surface area contributed by atoms with Crippen molar-refractivity contribution in [2.75, 3.05) is 17.2 Å². The van der Waals surface area contributed by atoms with Gasteiger partial charge in [0.15, 0.2) is 0 Å². The molecule has 2 aromatic rings. The summed E-state index contributed by atoms with van der Waals surface area (Å²) in [6.07, 6.45) is 4.72. The van der Waals surface area contributed by atoms with Crippen molar-refractivity contribution in [2.45, 2.75) is 26.2 Å². The molecule has 122 valence electrons. The van der Waals surface area contributed by atoms with Gasteiger partial charge in [0, 0.05) is 12.6 Å². The summed E-state index contributed by atoms with van der Waals surface area (Å²) in [5, 5.41) is 6.56. The first-order valence-corrected chi connectivity index (χ1v) is 8.18. The lowest BCUT2D eigenvalue weighted by atomic mass is 10.2. The van der Waals surface area contributed by atoms with Crippen LogP contribution in [-0.2, 0) is 0 Å². The van der Waals surface area contributed by atoms with Crippen molar-refractivity contribution >= 4 is 40.6 Å². The molecule has 0 bridgehead atoms. The Hall–Kier alpha value is -1.85. The molecule has 0 atom stereocenters. The summed E-state index contributed by atoms with van der Waals surface area (Å²) < 4.78 is 0. The number of aromatic nitrogens is 2. The molecule has 0 aliphatic carbocycles. The molecule has 1 aromatic carbocycles. The van der Waals surface area contributed by atoms with Crippen molar-refractivity contribution in [3.63, 3.8) is 0 Å². The molecule has 0 unspecified atom stereocenters. The van der Waals surface area contributed by atoms with Gasteiger partial charge in [-0.25, -0.2) is 9.97 Å². The highest BCUT2D eigenvalue weighted by Gasteiger charge is 2.12. The number of anilines is 2. The topological polar surface area (TPSA) is 66.9 Å². The molecule has 1 aromatic heterocycles. The molecular weight excluding hydrogens is 335 g/mol. The minimum absolute atomic E-state index is 0.258. The third kappa shape index (κ3) is 5.08. The van der Waals surface area contributed by atoms with Gasteiger partial charge in [-0.1, -0.05) is 49.0 Å². The third-order valence-electron chi connectivity index (χ3n) is 3.19. The van der Waals surface area contributed by atoms with Crippen LogP contribution in [0, 0.1) is 0 Å². The zero-order valence-corrected chi connectivity index (χ0v) is 14.3. The molecule has 2 N–H and O–H groups in total. The van der Waals surface area contributed by atoms with E-state index in [4.69, 9.17) is 23.2 Å². The second-order valence-electron chi connectivity index (χ2n) is 4.98. The molecule has 2 rings (SSSR count). The lowest BCUT2D eigenvalue weighted by Crippen LogP contribution is -2.15. The van der Waals surface area contributed by atoms with Crippen LogP contribution in [0.1, 0.15) is 36.7 Å². The first-order valence-electron chi connectivity index (χ1n) is 7.43. The number of nitrogens with one attached hydrogen (secondary N) is 2. The van der Waals surface area contributed by atoms with Gasteiger partial charge in [-0.05, 0) is 18.6 Å². The molecule has 7 heteroatoms. The largest absolute Gasteiger partial charge is 0.370 e. The number of rotatable bonds is 7. The molecule has 0 fully saturated rings. The Morgan fingerprint density at radius 1 is 1.22 bits per heavy atom. The van der Waals surface area contributed by atoms with Gasteiger partial charge < -0.3 is 10.6 Å². The van der Waals surface area contributed by atoms with E-state index >= 15 is 0 Å². The van der Waals surface area contributed by atoms with E-state index in [-0.39, 0.29) is 11.6 Å². The molecule has 0 spiro atoms. The average Bonchev–Trinajstić information content (AvgIpc) is 2.56. The zero-order valence-electron chi connectivity index (χ0n) is 12.8. The van der Waals surface area contributed by atoms with Gasteiger partial charge in [0.2, 0.25) is 0 Å². The molecule has 1 amide bonds. The molecule has 0 radical (unpaired) electrons. The molecule has 0 saturated heterocycles. The highest BCUT2D eigenvalue weighted by molar-refractivity contribution is 6.44. The van der Waals surface area contributed by atoms with Crippen LogP contribution in [0.15, 0.2) is 30.6 Å². The van der Waals surface area contributed by atoms with Crippen molar-refractivity contribution in [3.8, 4) is 0 Å². The smallest absolute Gasteiger partial charge is 0.274 e. The van der Waals surface area contributed by atoms with Crippen LogP contribution >= 0.6 is 23.2 Å². The summed E-state index contributed by atoms with van der Waals surface area (Å²) >= 11 is 12.0. The summed E-state index contributed by atoms with van der Waals surface area (Å²) in [6, 6.07) is 6.66. The minimum atomic E-state index is -0.367. The third-order valence-corrected chi connectivity index (χ3v) is 4.00. The van der Waals surface area contributed by atoms with Gasteiger partial charge in [-0.3, -0.25) is 4.79 Å². The van der Waals surface area contributed by atoms with Crippen LogP contribution in [0.4, 0.5) is 11.5 Å². The fourth-order valence-corrected chi connectivity index (χ4v) is 2.30. The summed E-state index contributed by atoms with van der Waals surface area (Å²) in [5.41, 5.74) is 0.703. The first kappa shape index (κ1) is 17.5. The van der Waals surface area contributed by atoms with Crippen LogP contribution in [0.5, 0.6) is 0 Å². The normalized spacial score (nSPS) is 10.4. The number of benzene rings is 1. The maximum Gasteiger partial charge on any atom is 0.274 e. The first-order chi connectivity index (χ1) is 11.1. The molecule has 23 heavy (non-hydrogen) atoms. The van der Waals surface area contributed by atoms with E-state index in [1.54, 1.807) is 24.3 Å². The number of halogens is 2. The Kier molecular flexibility index (Phi) is 6.62. The Morgan fingerprint density at radius 2 is 2.04 bits per heavy atom. The van der Waals surface area contributed by atoms with Gasteiger partial charge in [0.05, 0.1) is 15.7 Å². The molecular formula is C16H18Cl2N4O. The van der Waals surface area contributed by atoms with Crippen LogP contribution in [0.3, 0.4) is 0 Å². The quantitative estimate of drug-likeness (QED) is 0.712. The van der Waals surface area contributed by atoms with Crippen molar-refractivity contribution in [1.29, 1.82) is 0 Å². The Morgan fingerprint density at radius 3 is 2.83 bits per heavy atom. The van der Waals surface area contributed by atoms with E-state index in [2.05, 4.69) is 27.5 Å². The molecule has 0 saturated carbocycles. The fraction of sp³-hybridized carbons (Fsp3) is 0.312. The Labute approximate surface area is 145 Å². The SMILES string of the molecule is CCCCCNc1cc(C(=O)Nc2cccc(Cl)c2Cl)ncn1. The Balaban J connectivity index is 2.03. The number of carbonyl (C=O) groups is 1. The van der Waals surface area contributed by atoms with Gasteiger partial charge in [0.25, 0.3) is 5.91 Å². The van der Waals surface area contributed by atoms with Crippen LogP contribution < -0.4 is 10.6 Å². The van der Waals surface area contributed by atoms with Gasteiger partial charge in [-0.15, -0.1) is 0 Å². The summed E-state index contributed by atoms with van der Waals surface area (Å²) in [5.74, 6) is 0.256. The zero-order chi connectivity index (χ0) is 16.7. The van der Waals surface area contributed by atoms with Crippen molar-refractivity contribution in [3.05, 3.63) is 46.3 Å². The molecule has 0 aliphatic heterocycles. The predicted molar refractivity (Wildman–Crippen MR) is 94.5 cm³/mol. The van der Waals surface area contributed by atoms with Crippen LogP contribution in [-0.4, -0.2) is 22.4 Å². The standard InChI is InChI=1S/C16H18Cl2N4O/c1-2-3-4-8-19-14-9-13(20-10-21-14)16(23)22-12-7-5-6-11(17)15(12)18/h5-7,9-10H,2-4,8H2,1H3,(H,22,23)(H,19,20,21). The number of unbranched alkanes of at least 4 members (excludes halogenated alkanes) is 2. The summed E-state index contributed by atoms with van der Waals surface area (Å²) in [7, 11) is 0. The number of hydrogen-bond acceptors (Lipinski definition) is 4. The van der Waals surface area contributed by atoms with E-state index in [1.807, 2.05) is 0 Å². The monoisotopic (exact) mass is 352 g/mol.